The van der Waals surface area contributed by atoms with Crippen LogP contribution in [0.25, 0.3) is 0 Å². The van der Waals surface area contributed by atoms with Crippen molar-refractivity contribution in [1.29, 1.82) is 0 Å². The zero-order valence-corrected chi connectivity index (χ0v) is 10.5. The second-order valence-corrected chi connectivity index (χ2v) is 8.09. The van der Waals surface area contributed by atoms with Crippen molar-refractivity contribution in [2.24, 2.45) is 5.41 Å². The number of hydrogen-bond acceptors (Lipinski definition) is 3. The highest BCUT2D eigenvalue weighted by molar-refractivity contribution is 7.96. The summed E-state index contributed by atoms with van der Waals surface area (Å²) in [6, 6.07) is 0. The Kier molecular flexibility index (Phi) is 1.45. The molecule has 0 amide bonds. The Balaban J connectivity index is 2.26. The fourth-order valence-electron chi connectivity index (χ4n) is 3.47. The van der Waals surface area contributed by atoms with Gasteiger partial charge in [-0.1, -0.05) is 13.8 Å². The summed E-state index contributed by atoms with van der Waals surface area (Å²) in [4.78, 5) is 0. The van der Waals surface area contributed by atoms with Gasteiger partial charge in [0, 0.05) is 5.41 Å². The first-order chi connectivity index (χ1) is 6.64. The molecular weight excluding hydrogens is 212 g/mol. The first kappa shape index (κ1) is 10.1. The Morgan fingerprint density at radius 1 is 1.33 bits per heavy atom. The Bertz CT molecular complexity index is 439. The van der Waals surface area contributed by atoms with Crippen molar-refractivity contribution in [3.63, 3.8) is 0 Å². The molecule has 3 rings (SSSR count). The van der Waals surface area contributed by atoms with Crippen LogP contribution >= 0.6 is 0 Å². The van der Waals surface area contributed by atoms with Crippen LogP contribution in [0.1, 0.15) is 34.1 Å². The fraction of sp³-hybridized carbons (Fsp3) is 0.909. The molecule has 86 valence electrons. The highest BCUT2D eigenvalue weighted by atomic mass is 32.2. The summed E-state index contributed by atoms with van der Waals surface area (Å²) in [5, 5.41) is -0.0134. The molecule has 0 aromatic carbocycles. The largest absolute Gasteiger partial charge is 0.367 e. The summed E-state index contributed by atoms with van der Waals surface area (Å²) in [5.74, 6) is 3.76. The van der Waals surface area contributed by atoms with Gasteiger partial charge in [0.25, 0.3) is 0 Å². The van der Waals surface area contributed by atoms with Gasteiger partial charge in [0.1, 0.15) is 11.7 Å². The average Bonchev–Trinajstić information content (AvgIpc) is 2.53. The molecule has 0 radical (unpaired) electrons. The smallest absolute Gasteiger partial charge is 0.117 e. The molecule has 3 fully saturated rings. The van der Waals surface area contributed by atoms with Gasteiger partial charge in [-0.25, -0.2) is 4.21 Å². The molecule has 0 spiro atoms. The van der Waals surface area contributed by atoms with Gasteiger partial charge < -0.3 is 4.74 Å². The second kappa shape index (κ2) is 2.15. The van der Waals surface area contributed by atoms with Crippen molar-refractivity contribution in [2.75, 3.05) is 0 Å². The normalized spacial score (nSPS) is 65.1. The Morgan fingerprint density at radius 3 is 2.40 bits per heavy atom. The SMILES string of the molecule is C=S1(=O)OC2(C)C3OC(C)(CC31)C2(C)C. The van der Waals surface area contributed by atoms with E-state index in [4.69, 9.17) is 8.92 Å². The maximum Gasteiger partial charge on any atom is 0.117 e. The van der Waals surface area contributed by atoms with E-state index in [1.807, 2.05) is 6.92 Å². The van der Waals surface area contributed by atoms with E-state index in [9.17, 15) is 4.21 Å². The topological polar surface area (TPSA) is 35.5 Å². The van der Waals surface area contributed by atoms with Gasteiger partial charge in [-0.2, -0.15) is 0 Å². The maximum absolute atomic E-state index is 12.3. The summed E-state index contributed by atoms with van der Waals surface area (Å²) < 4.78 is 24.1. The molecule has 3 aliphatic rings. The first-order valence-electron chi connectivity index (χ1n) is 5.39. The van der Waals surface area contributed by atoms with Crippen LogP contribution in [0, 0.1) is 5.41 Å². The van der Waals surface area contributed by atoms with Crippen LogP contribution in [0.2, 0.25) is 0 Å². The van der Waals surface area contributed by atoms with Crippen molar-refractivity contribution in [3.8, 4) is 0 Å². The lowest BCUT2D eigenvalue weighted by atomic mass is 9.60. The molecule has 5 atom stereocenters. The highest BCUT2D eigenvalue weighted by Crippen LogP contribution is 2.67. The van der Waals surface area contributed by atoms with Crippen LogP contribution < -0.4 is 0 Å². The number of ether oxygens (including phenoxy) is 1. The maximum atomic E-state index is 12.3. The van der Waals surface area contributed by atoms with Crippen molar-refractivity contribution in [2.45, 2.75) is 56.7 Å². The minimum absolute atomic E-state index is 0.0134. The second-order valence-electron chi connectivity index (χ2n) is 5.99. The van der Waals surface area contributed by atoms with E-state index < -0.39 is 15.4 Å². The van der Waals surface area contributed by atoms with E-state index in [1.165, 1.54) is 0 Å². The number of hydrogen-bond donors (Lipinski definition) is 0. The minimum atomic E-state index is -2.42. The van der Waals surface area contributed by atoms with Gasteiger partial charge in [-0.05, 0) is 26.1 Å². The van der Waals surface area contributed by atoms with Crippen LogP contribution in [-0.2, 0) is 18.7 Å². The van der Waals surface area contributed by atoms with Crippen LogP contribution in [0.5, 0.6) is 0 Å². The molecule has 0 aliphatic carbocycles. The molecule has 4 heteroatoms. The van der Waals surface area contributed by atoms with Crippen molar-refractivity contribution >= 4 is 15.7 Å². The molecule has 5 unspecified atom stereocenters. The van der Waals surface area contributed by atoms with Gasteiger partial charge in [0.05, 0.1) is 20.7 Å². The van der Waals surface area contributed by atoms with E-state index in [0.717, 1.165) is 6.42 Å². The van der Waals surface area contributed by atoms with Gasteiger partial charge in [0.2, 0.25) is 0 Å². The Morgan fingerprint density at radius 2 is 1.93 bits per heavy atom. The van der Waals surface area contributed by atoms with E-state index in [0.29, 0.717) is 0 Å². The summed E-state index contributed by atoms with van der Waals surface area (Å²) >= 11 is 0. The average molecular weight is 230 g/mol. The van der Waals surface area contributed by atoms with Gasteiger partial charge >= 0.3 is 0 Å². The molecule has 2 bridgehead atoms. The number of fused-ring (bicyclic) bond motifs is 1. The third-order valence-electron chi connectivity index (χ3n) is 5.20. The van der Waals surface area contributed by atoms with Crippen LogP contribution in [0.15, 0.2) is 0 Å². The zero-order valence-electron chi connectivity index (χ0n) is 9.70. The molecule has 0 N–H and O–H groups in total. The zero-order chi connectivity index (χ0) is 11.3. The van der Waals surface area contributed by atoms with Crippen LogP contribution in [-0.4, -0.2) is 32.6 Å². The monoisotopic (exact) mass is 230 g/mol. The molecule has 0 saturated carbocycles. The predicted octanol–water partition coefficient (Wildman–Crippen LogP) is 1.36. The quantitative estimate of drug-likeness (QED) is 0.589. The van der Waals surface area contributed by atoms with Crippen LogP contribution in [0.4, 0.5) is 0 Å². The molecule has 3 nitrogen and oxygen atoms in total. The molecule has 3 saturated heterocycles. The molecule has 3 heterocycles. The molecule has 0 aromatic rings. The predicted molar refractivity (Wildman–Crippen MR) is 60.2 cm³/mol. The van der Waals surface area contributed by atoms with E-state index in [1.54, 1.807) is 0 Å². The lowest BCUT2D eigenvalue weighted by Crippen LogP contribution is -2.54. The van der Waals surface area contributed by atoms with E-state index in [2.05, 4.69) is 26.6 Å². The summed E-state index contributed by atoms with van der Waals surface area (Å²) in [7, 11) is -2.42. The third kappa shape index (κ3) is 0.797. The Labute approximate surface area is 91.4 Å². The molecular formula is C11H18O3S. The molecule has 3 aliphatic heterocycles. The van der Waals surface area contributed by atoms with E-state index >= 15 is 0 Å². The van der Waals surface area contributed by atoms with Crippen molar-refractivity contribution < 1.29 is 13.1 Å². The highest BCUT2D eigenvalue weighted by Gasteiger charge is 2.78. The lowest BCUT2D eigenvalue weighted by Gasteiger charge is -2.43. The van der Waals surface area contributed by atoms with Gasteiger partial charge in [-0.3, -0.25) is 4.18 Å². The van der Waals surface area contributed by atoms with Gasteiger partial charge in [0.15, 0.2) is 0 Å². The summed E-state index contributed by atoms with van der Waals surface area (Å²) in [6.07, 6.45) is 0.769. The summed E-state index contributed by atoms with van der Waals surface area (Å²) in [5.41, 5.74) is -0.768. The van der Waals surface area contributed by atoms with Crippen LogP contribution in [0.3, 0.4) is 0 Å². The summed E-state index contributed by atoms with van der Waals surface area (Å²) in [6.45, 7) is 8.41. The first-order valence-corrected chi connectivity index (χ1v) is 7.10. The standard InChI is InChI=1S/C11H18O3S/c1-9(2)10(3)6-7-8(13-10)11(9,4)14-15(7,5)12/h7-8H,5-6H2,1-4H3. The minimum Gasteiger partial charge on any atom is -0.367 e. The molecule has 0 aromatic heterocycles. The third-order valence-corrected chi connectivity index (χ3v) is 7.16. The van der Waals surface area contributed by atoms with Crippen molar-refractivity contribution in [1.82, 2.24) is 0 Å². The molecule has 15 heavy (non-hydrogen) atoms. The van der Waals surface area contributed by atoms with Crippen molar-refractivity contribution in [3.05, 3.63) is 0 Å². The number of rotatable bonds is 0. The Hall–Kier alpha value is -0.0600. The van der Waals surface area contributed by atoms with E-state index in [-0.39, 0.29) is 22.4 Å². The fourth-order valence-corrected chi connectivity index (χ4v) is 5.74. The lowest BCUT2D eigenvalue weighted by molar-refractivity contribution is -0.0374. The van der Waals surface area contributed by atoms with Gasteiger partial charge in [-0.15, -0.1) is 0 Å².